The Balaban J connectivity index is 0.00000242. The third-order valence-corrected chi connectivity index (χ3v) is 2.90. The molecule has 0 fully saturated rings. The maximum atomic E-state index is 11.9. The number of imide groups is 1. The number of nitrogens with two attached hydrogens (primary N) is 1. The summed E-state index contributed by atoms with van der Waals surface area (Å²) >= 11 is 0. The molecule has 0 saturated heterocycles. The van der Waals surface area contributed by atoms with E-state index in [9.17, 15) is 14.4 Å². The SMILES string of the molecule is Br.NCC(=O)NCC(=O)NC(=O)c1ccc2ccccc2c1. The van der Waals surface area contributed by atoms with Gasteiger partial charge >= 0.3 is 0 Å². The van der Waals surface area contributed by atoms with E-state index >= 15 is 0 Å². The van der Waals surface area contributed by atoms with Crippen molar-refractivity contribution in [1.82, 2.24) is 10.6 Å². The molecule has 2 aromatic rings. The number of nitrogens with one attached hydrogen (secondary N) is 2. The largest absolute Gasteiger partial charge is 0.346 e. The first-order valence-corrected chi connectivity index (χ1v) is 6.40. The van der Waals surface area contributed by atoms with Crippen LogP contribution in [0.2, 0.25) is 0 Å². The lowest BCUT2D eigenvalue weighted by Crippen LogP contribution is -2.41. The van der Waals surface area contributed by atoms with Gasteiger partial charge in [-0.3, -0.25) is 19.7 Å². The molecule has 116 valence electrons. The first-order valence-electron chi connectivity index (χ1n) is 6.40. The molecule has 4 N–H and O–H groups in total. The van der Waals surface area contributed by atoms with Gasteiger partial charge in [-0.25, -0.2) is 0 Å². The fourth-order valence-corrected chi connectivity index (χ4v) is 1.82. The molecular formula is C15H16BrN3O3. The summed E-state index contributed by atoms with van der Waals surface area (Å²) < 4.78 is 0. The topological polar surface area (TPSA) is 101 Å². The zero-order valence-corrected chi connectivity index (χ0v) is 13.4. The van der Waals surface area contributed by atoms with Gasteiger partial charge in [0, 0.05) is 5.56 Å². The lowest BCUT2D eigenvalue weighted by molar-refractivity contribution is -0.124. The van der Waals surface area contributed by atoms with Crippen LogP contribution in [0.4, 0.5) is 0 Å². The Bertz CT molecular complexity index is 703. The second-order valence-electron chi connectivity index (χ2n) is 4.42. The van der Waals surface area contributed by atoms with Crippen LogP contribution in [0.1, 0.15) is 10.4 Å². The van der Waals surface area contributed by atoms with E-state index in [1.807, 2.05) is 30.3 Å². The molecule has 3 amide bonds. The van der Waals surface area contributed by atoms with Gasteiger partial charge in [0.15, 0.2) is 0 Å². The standard InChI is InChI=1S/C15H15N3O3.BrH/c16-8-13(19)17-9-14(20)18-15(21)12-6-5-10-3-1-2-4-11(10)7-12;/h1-7H,8-9,16H2,(H,17,19)(H,18,20,21);1H. The molecule has 7 heteroatoms. The van der Waals surface area contributed by atoms with Crippen molar-refractivity contribution in [1.29, 1.82) is 0 Å². The number of carbonyl (C=O) groups is 3. The van der Waals surface area contributed by atoms with E-state index in [4.69, 9.17) is 5.73 Å². The van der Waals surface area contributed by atoms with Crippen LogP contribution in [0.3, 0.4) is 0 Å². The number of hydrogen-bond donors (Lipinski definition) is 3. The number of rotatable bonds is 4. The van der Waals surface area contributed by atoms with E-state index in [0.29, 0.717) is 5.56 Å². The number of halogens is 1. The van der Waals surface area contributed by atoms with Crippen LogP contribution < -0.4 is 16.4 Å². The summed E-state index contributed by atoms with van der Waals surface area (Å²) in [6.45, 7) is -0.485. The van der Waals surface area contributed by atoms with Crippen molar-refractivity contribution >= 4 is 45.5 Å². The summed E-state index contributed by atoms with van der Waals surface area (Å²) in [6.07, 6.45) is 0. The van der Waals surface area contributed by atoms with Crippen molar-refractivity contribution in [2.75, 3.05) is 13.1 Å². The van der Waals surface area contributed by atoms with Gasteiger partial charge in [0.1, 0.15) is 0 Å². The Morgan fingerprint density at radius 3 is 2.32 bits per heavy atom. The van der Waals surface area contributed by atoms with Gasteiger partial charge in [-0.2, -0.15) is 0 Å². The molecule has 0 heterocycles. The van der Waals surface area contributed by atoms with Crippen molar-refractivity contribution in [2.45, 2.75) is 0 Å². The summed E-state index contributed by atoms with van der Waals surface area (Å²) in [5.74, 6) is -1.55. The fourth-order valence-electron chi connectivity index (χ4n) is 1.82. The third kappa shape index (κ3) is 4.64. The van der Waals surface area contributed by atoms with E-state index < -0.39 is 17.7 Å². The second-order valence-corrected chi connectivity index (χ2v) is 4.42. The highest BCUT2D eigenvalue weighted by Crippen LogP contribution is 2.15. The molecule has 0 atom stereocenters. The van der Waals surface area contributed by atoms with Gasteiger partial charge in [-0.15, -0.1) is 17.0 Å². The quantitative estimate of drug-likeness (QED) is 0.743. The van der Waals surface area contributed by atoms with Gasteiger partial charge in [0.2, 0.25) is 11.8 Å². The van der Waals surface area contributed by atoms with E-state index in [2.05, 4.69) is 10.6 Å². The molecule has 6 nitrogen and oxygen atoms in total. The molecule has 0 unspecified atom stereocenters. The van der Waals surface area contributed by atoms with E-state index in [0.717, 1.165) is 10.8 Å². The zero-order chi connectivity index (χ0) is 15.2. The number of carbonyl (C=O) groups excluding carboxylic acids is 3. The minimum atomic E-state index is -0.588. The van der Waals surface area contributed by atoms with Crippen molar-refractivity contribution in [3.63, 3.8) is 0 Å². The Labute approximate surface area is 137 Å². The highest BCUT2D eigenvalue weighted by molar-refractivity contribution is 8.93. The molecule has 0 saturated carbocycles. The highest BCUT2D eigenvalue weighted by atomic mass is 79.9. The Kier molecular flexibility index (Phi) is 6.68. The molecule has 2 aromatic carbocycles. The molecule has 0 radical (unpaired) electrons. The zero-order valence-electron chi connectivity index (χ0n) is 11.7. The predicted octanol–water partition coefficient (Wildman–Crippen LogP) is 0.749. The molecule has 0 aliphatic rings. The molecule has 0 aliphatic heterocycles. The maximum Gasteiger partial charge on any atom is 0.257 e. The maximum absolute atomic E-state index is 11.9. The molecule has 22 heavy (non-hydrogen) atoms. The Hall–Kier alpha value is -2.25. The summed E-state index contributed by atoms with van der Waals surface area (Å²) in [5.41, 5.74) is 5.47. The number of amides is 3. The molecule has 0 bridgehead atoms. The van der Waals surface area contributed by atoms with Crippen LogP contribution in [0, 0.1) is 0 Å². The molecular weight excluding hydrogens is 350 g/mol. The number of hydrogen-bond acceptors (Lipinski definition) is 4. The monoisotopic (exact) mass is 365 g/mol. The normalized spacial score (nSPS) is 9.68. The Morgan fingerprint density at radius 2 is 1.64 bits per heavy atom. The second kappa shape index (κ2) is 8.26. The van der Waals surface area contributed by atoms with Crippen molar-refractivity contribution < 1.29 is 14.4 Å². The van der Waals surface area contributed by atoms with Crippen LogP contribution in [0.15, 0.2) is 42.5 Å². The van der Waals surface area contributed by atoms with E-state index in [-0.39, 0.29) is 30.1 Å². The average Bonchev–Trinajstić information content (AvgIpc) is 2.52. The molecule has 0 aromatic heterocycles. The lowest BCUT2D eigenvalue weighted by Gasteiger charge is -2.06. The number of fused-ring (bicyclic) bond motifs is 1. The first-order chi connectivity index (χ1) is 10.1. The molecule has 0 spiro atoms. The third-order valence-electron chi connectivity index (χ3n) is 2.90. The van der Waals surface area contributed by atoms with Gasteiger partial charge < -0.3 is 11.1 Å². The van der Waals surface area contributed by atoms with Gasteiger partial charge in [0.05, 0.1) is 13.1 Å². The summed E-state index contributed by atoms with van der Waals surface area (Å²) in [5, 5.41) is 6.42. The lowest BCUT2D eigenvalue weighted by atomic mass is 10.1. The fraction of sp³-hybridized carbons (Fsp3) is 0.133. The summed E-state index contributed by atoms with van der Waals surface area (Å²) in [7, 11) is 0. The first kappa shape index (κ1) is 17.8. The summed E-state index contributed by atoms with van der Waals surface area (Å²) in [6, 6.07) is 12.8. The summed E-state index contributed by atoms with van der Waals surface area (Å²) in [4.78, 5) is 34.4. The van der Waals surface area contributed by atoms with Crippen molar-refractivity contribution in [2.24, 2.45) is 5.73 Å². The van der Waals surface area contributed by atoms with Crippen LogP contribution in [0.5, 0.6) is 0 Å². The van der Waals surface area contributed by atoms with Crippen LogP contribution in [0.25, 0.3) is 10.8 Å². The van der Waals surface area contributed by atoms with Crippen molar-refractivity contribution in [3.05, 3.63) is 48.0 Å². The molecule has 2 rings (SSSR count). The smallest absolute Gasteiger partial charge is 0.257 e. The van der Waals surface area contributed by atoms with E-state index in [1.165, 1.54) is 0 Å². The van der Waals surface area contributed by atoms with Crippen LogP contribution in [-0.2, 0) is 9.59 Å². The van der Waals surface area contributed by atoms with E-state index in [1.54, 1.807) is 12.1 Å². The Morgan fingerprint density at radius 1 is 0.955 bits per heavy atom. The average molecular weight is 366 g/mol. The van der Waals surface area contributed by atoms with Crippen LogP contribution >= 0.6 is 17.0 Å². The van der Waals surface area contributed by atoms with Crippen molar-refractivity contribution in [3.8, 4) is 0 Å². The highest BCUT2D eigenvalue weighted by Gasteiger charge is 2.11. The van der Waals surface area contributed by atoms with Gasteiger partial charge in [-0.1, -0.05) is 30.3 Å². The number of benzene rings is 2. The van der Waals surface area contributed by atoms with Gasteiger partial charge in [0.25, 0.3) is 5.91 Å². The predicted molar refractivity (Wildman–Crippen MR) is 88.8 cm³/mol. The van der Waals surface area contributed by atoms with Crippen LogP contribution in [-0.4, -0.2) is 30.8 Å². The molecule has 0 aliphatic carbocycles. The minimum Gasteiger partial charge on any atom is -0.346 e. The van der Waals surface area contributed by atoms with Gasteiger partial charge in [-0.05, 0) is 22.9 Å². The minimum absolute atomic E-state index is 0.